The summed E-state index contributed by atoms with van der Waals surface area (Å²) in [5.41, 5.74) is 18.5. The van der Waals surface area contributed by atoms with E-state index in [1.807, 2.05) is 46.1 Å². The van der Waals surface area contributed by atoms with Crippen LogP contribution < -0.4 is 11.1 Å². The highest BCUT2D eigenvalue weighted by atomic mass is 16.1. The largest absolute Gasteiger partial charge is 0.399 e. The van der Waals surface area contributed by atoms with E-state index in [-0.39, 0.29) is 25.0 Å². The summed E-state index contributed by atoms with van der Waals surface area (Å²) in [6, 6.07) is 14.9. The van der Waals surface area contributed by atoms with Crippen LogP contribution in [-0.2, 0) is 6.42 Å². The molecular weight excluding hydrogens is 625 g/mol. The maximum atomic E-state index is 12.1. The number of carbonyl (C=O) groups is 1. The number of aryl methyl sites for hydroxylation is 1. The molecule has 3 N–H and O–H groups in total. The first-order chi connectivity index (χ1) is 23.8. The quantitative estimate of drug-likeness (QED) is 0.282. The summed E-state index contributed by atoms with van der Waals surface area (Å²) in [5, 5.41) is 13.4. The van der Waals surface area contributed by atoms with Gasteiger partial charge in [-0.3, -0.25) is 4.79 Å². The third-order valence-corrected chi connectivity index (χ3v) is 10.5. The Morgan fingerprint density at radius 2 is 1.67 bits per heavy atom. The minimum absolute atomic E-state index is 0. The number of benzene rings is 2. The molecule has 5 rings (SSSR count). The van der Waals surface area contributed by atoms with Gasteiger partial charge in [0.15, 0.2) is 5.78 Å². The number of nitrogens with two attached hydrogens (primary N) is 1. The van der Waals surface area contributed by atoms with Gasteiger partial charge in [0.2, 0.25) is 0 Å². The molecule has 0 aromatic heterocycles. The van der Waals surface area contributed by atoms with Crippen LogP contribution >= 0.6 is 0 Å². The van der Waals surface area contributed by atoms with Crippen molar-refractivity contribution in [3.05, 3.63) is 112 Å². The molecule has 0 aliphatic heterocycles. The number of rotatable bonds is 7. The smallest absolute Gasteiger partial charge is 0.159 e. The van der Waals surface area contributed by atoms with E-state index in [2.05, 4.69) is 95.8 Å². The second kappa shape index (κ2) is 20.2. The van der Waals surface area contributed by atoms with Gasteiger partial charge < -0.3 is 16.0 Å². The number of Topliss-reactive ketones (excluding diaryl/α,β-unsaturated/α-hetero) is 1. The summed E-state index contributed by atoms with van der Waals surface area (Å²) >= 11 is 0. The van der Waals surface area contributed by atoms with Gasteiger partial charge in [-0.1, -0.05) is 97.7 Å². The van der Waals surface area contributed by atoms with Crippen molar-refractivity contribution in [1.82, 2.24) is 10.2 Å². The van der Waals surface area contributed by atoms with Gasteiger partial charge >= 0.3 is 0 Å². The van der Waals surface area contributed by atoms with Crippen molar-refractivity contribution in [2.24, 2.45) is 23.0 Å². The highest BCUT2D eigenvalue weighted by Gasteiger charge is 2.53. The molecule has 5 heteroatoms. The molecule has 51 heavy (non-hydrogen) atoms. The van der Waals surface area contributed by atoms with Gasteiger partial charge in [-0.15, -0.1) is 0 Å². The lowest BCUT2D eigenvalue weighted by molar-refractivity contribution is 0.101. The van der Waals surface area contributed by atoms with E-state index in [0.717, 1.165) is 63.8 Å². The zero-order valence-electron chi connectivity index (χ0n) is 33.1. The van der Waals surface area contributed by atoms with Gasteiger partial charge in [0.05, 0.1) is 6.07 Å². The minimum Gasteiger partial charge on any atom is -0.399 e. The van der Waals surface area contributed by atoms with Crippen LogP contribution in [0, 0.1) is 35.5 Å². The molecule has 2 aromatic carbocycles. The van der Waals surface area contributed by atoms with Crippen LogP contribution in [-0.4, -0.2) is 44.4 Å². The van der Waals surface area contributed by atoms with Crippen molar-refractivity contribution >= 4 is 11.4 Å². The number of hydrogen-bond donors (Lipinski definition) is 2. The minimum atomic E-state index is -0.801. The molecule has 0 radical (unpaired) electrons. The summed E-state index contributed by atoms with van der Waals surface area (Å²) in [5.74, 6) is 0.463. The van der Waals surface area contributed by atoms with Crippen LogP contribution in [0.25, 0.3) is 16.7 Å². The standard InChI is InChI=1S/C34H34N2O.C7H17N.C2H7N.C2H6.CH4/c1-18-11-12-29(26-10-8-9-25(14-26)24(7)37)30-16-27-15-28-13-19(2)32(23(6)36)21(4)34(28,17-35)22(5)33(27)20(3)31(18)30;1-4-7-8(5-2)6-3;1-3-2;1-2;/h8-12,14,27-28H,3-4,6,13,15-16,36H2,1-2,5,7H3;4-7H2,1-3H3;3H,1-2H3;1-2H3;1H4/t27?,28-,34+;;;;/m1..../s1. The summed E-state index contributed by atoms with van der Waals surface area (Å²) < 4.78 is 0. The van der Waals surface area contributed by atoms with Gasteiger partial charge in [0.25, 0.3) is 0 Å². The number of fused-ring (bicyclic) bond motifs is 3. The first-order valence-electron chi connectivity index (χ1n) is 18.5. The van der Waals surface area contributed by atoms with E-state index in [9.17, 15) is 10.1 Å². The van der Waals surface area contributed by atoms with Gasteiger partial charge in [0, 0.05) is 16.8 Å². The van der Waals surface area contributed by atoms with Gasteiger partial charge in [-0.05, 0) is 155 Å². The van der Waals surface area contributed by atoms with Crippen LogP contribution in [0.15, 0.2) is 89.7 Å². The van der Waals surface area contributed by atoms with Crippen molar-refractivity contribution in [3.63, 3.8) is 0 Å². The van der Waals surface area contributed by atoms with E-state index >= 15 is 0 Å². The van der Waals surface area contributed by atoms with E-state index in [1.54, 1.807) is 6.92 Å². The zero-order valence-corrected chi connectivity index (χ0v) is 33.1. The van der Waals surface area contributed by atoms with Crippen LogP contribution in [0.5, 0.6) is 0 Å². The average Bonchev–Trinajstić information content (AvgIpc) is 3.08. The van der Waals surface area contributed by atoms with E-state index in [4.69, 9.17) is 5.73 Å². The predicted molar refractivity (Wildman–Crippen MR) is 223 cm³/mol. The molecule has 0 fully saturated rings. The normalized spacial score (nSPS) is 20.1. The van der Waals surface area contributed by atoms with E-state index in [0.29, 0.717) is 5.70 Å². The molecule has 0 bridgehead atoms. The summed E-state index contributed by atoms with van der Waals surface area (Å²) in [7, 11) is 3.75. The zero-order chi connectivity index (χ0) is 37.9. The van der Waals surface area contributed by atoms with Gasteiger partial charge in [-0.2, -0.15) is 5.26 Å². The predicted octanol–water partition coefficient (Wildman–Crippen LogP) is 10.9. The Kier molecular flexibility index (Phi) is 17.8. The number of nitrogens with zero attached hydrogens (tertiary/aromatic N) is 2. The Balaban J connectivity index is 0.000000804. The molecule has 0 heterocycles. The van der Waals surface area contributed by atoms with Crippen molar-refractivity contribution in [2.75, 3.05) is 33.7 Å². The van der Waals surface area contributed by atoms with Crippen molar-refractivity contribution < 1.29 is 4.79 Å². The van der Waals surface area contributed by atoms with E-state index < -0.39 is 5.41 Å². The number of ketones is 1. The Morgan fingerprint density at radius 3 is 2.16 bits per heavy atom. The van der Waals surface area contributed by atoms with Crippen LogP contribution in [0.1, 0.15) is 109 Å². The Labute approximate surface area is 312 Å². The highest BCUT2D eigenvalue weighted by Crippen LogP contribution is 2.61. The molecule has 0 amide bonds. The highest BCUT2D eigenvalue weighted by molar-refractivity contribution is 5.96. The summed E-state index contributed by atoms with van der Waals surface area (Å²) in [4.78, 5) is 14.5. The summed E-state index contributed by atoms with van der Waals surface area (Å²) in [6.45, 7) is 35.3. The molecule has 0 spiro atoms. The molecule has 0 saturated carbocycles. The molecule has 5 nitrogen and oxygen atoms in total. The number of nitrogens with one attached hydrogen (secondary N) is 1. The third kappa shape index (κ3) is 9.09. The van der Waals surface area contributed by atoms with Crippen LogP contribution in [0.2, 0.25) is 0 Å². The lowest BCUT2D eigenvalue weighted by atomic mass is 9.51. The molecular formula is C46H68N4O. The molecule has 2 aromatic rings. The second-order valence-electron chi connectivity index (χ2n) is 13.6. The van der Waals surface area contributed by atoms with Crippen LogP contribution in [0.3, 0.4) is 0 Å². The number of carbonyl (C=O) groups excluding carboxylic acids is 1. The van der Waals surface area contributed by atoms with Crippen molar-refractivity contribution in [2.45, 2.75) is 95.4 Å². The maximum absolute atomic E-state index is 12.1. The molecule has 1 unspecified atom stereocenters. The average molecular weight is 693 g/mol. The van der Waals surface area contributed by atoms with Gasteiger partial charge in [0.1, 0.15) is 5.41 Å². The molecule has 3 atom stereocenters. The first-order valence-corrected chi connectivity index (χ1v) is 18.5. The second-order valence-corrected chi connectivity index (χ2v) is 13.6. The lowest BCUT2D eigenvalue weighted by Gasteiger charge is -2.51. The van der Waals surface area contributed by atoms with Crippen LogP contribution in [0.4, 0.5) is 0 Å². The van der Waals surface area contributed by atoms with E-state index in [1.165, 1.54) is 48.3 Å². The number of hydrogen-bond acceptors (Lipinski definition) is 5. The fourth-order valence-electron chi connectivity index (χ4n) is 8.28. The Hall–Kier alpha value is -3.98. The number of nitriles is 1. The summed E-state index contributed by atoms with van der Waals surface area (Å²) in [6.07, 6.45) is 3.86. The van der Waals surface area contributed by atoms with Crippen molar-refractivity contribution in [3.8, 4) is 17.2 Å². The lowest BCUT2D eigenvalue weighted by Crippen LogP contribution is -2.44. The molecule has 3 aliphatic rings. The molecule has 0 saturated heterocycles. The monoisotopic (exact) mass is 693 g/mol. The first kappa shape index (κ1) is 45.0. The van der Waals surface area contributed by atoms with Crippen molar-refractivity contribution in [1.29, 1.82) is 5.26 Å². The maximum Gasteiger partial charge on any atom is 0.159 e. The number of allylic oxidation sites excluding steroid dienone is 5. The SMILES string of the molecule is C.C=C(N)C1=C(C)C[C@@H]2CC3Cc4c(-c5cccc(C(C)=O)c5)ccc(C)c4C(=C)C3=C(C)[C@]2(C#N)C1=C.CC.CCCN(CC)CC.CNC. The fraction of sp³-hybridized carbons (Fsp3) is 0.478. The third-order valence-electron chi connectivity index (χ3n) is 10.5. The Morgan fingerprint density at radius 1 is 1.06 bits per heavy atom. The molecule has 278 valence electrons. The molecule has 3 aliphatic carbocycles. The Bertz CT molecular complexity index is 1680. The fourth-order valence-corrected chi connectivity index (χ4v) is 8.28. The topological polar surface area (TPSA) is 82.1 Å². The van der Waals surface area contributed by atoms with Gasteiger partial charge in [-0.25, -0.2) is 0 Å².